The first-order valence-electron chi connectivity index (χ1n) is 3.67. The van der Waals surface area contributed by atoms with Crippen LogP contribution >= 0.6 is 27.5 Å². The summed E-state index contributed by atoms with van der Waals surface area (Å²) >= 11 is 7.66. The topological polar surface area (TPSA) is 73.1 Å². The molecule has 16 heavy (non-hydrogen) atoms. The fourth-order valence-corrected chi connectivity index (χ4v) is 1.77. The summed E-state index contributed by atoms with van der Waals surface area (Å²) in [6.07, 6.45) is -2.42. The van der Waals surface area contributed by atoms with Gasteiger partial charge in [-0.15, -0.1) is 0 Å². The van der Waals surface area contributed by atoms with Crippen molar-refractivity contribution in [2.45, 2.75) is 6.43 Å². The highest BCUT2D eigenvalue weighted by atomic mass is 79.9. The molecular weight excluding hydrogens is 313 g/mol. The lowest BCUT2D eigenvalue weighted by molar-refractivity contribution is -0.390. The molecule has 0 fully saturated rings. The van der Waals surface area contributed by atoms with Gasteiger partial charge < -0.3 is 10.1 Å². The monoisotopic (exact) mass is 314 g/mol. The minimum absolute atomic E-state index is 0.543. The van der Waals surface area contributed by atoms with Crippen LogP contribution < -0.4 is 0 Å². The SMILES string of the molecule is O=C(Cl)c1cnc([N+](=O)[O-])c(Br)c1C(F)F. The van der Waals surface area contributed by atoms with Crippen LogP contribution in [0.3, 0.4) is 0 Å². The largest absolute Gasteiger partial charge is 0.378 e. The van der Waals surface area contributed by atoms with Crippen LogP contribution in [-0.4, -0.2) is 15.1 Å². The summed E-state index contributed by atoms with van der Waals surface area (Å²) in [7, 11) is 0. The zero-order valence-corrected chi connectivity index (χ0v) is 9.63. The molecule has 1 rings (SSSR count). The predicted molar refractivity (Wildman–Crippen MR) is 53.7 cm³/mol. The second-order valence-electron chi connectivity index (χ2n) is 2.55. The van der Waals surface area contributed by atoms with E-state index in [1.165, 1.54) is 0 Å². The Kier molecular flexibility index (Phi) is 3.87. The van der Waals surface area contributed by atoms with Crippen LogP contribution in [0.4, 0.5) is 14.6 Å². The van der Waals surface area contributed by atoms with E-state index in [2.05, 4.69) is 20.9 Å². The van der Waals surface area contributed by atoms with E-state index in [0.717, 1.165) is 0 Å². The molecule has 0 aliphatic rings. The highest BCUT2D eigenvalue weighted by Crippen LogP contribution is 2.35. The van der Waals surface area contributed by atoms with Gasteiger partial charge in [0, 0.05) is 0 Å². The quantitative estimate of drug-likeness (QED) is 0.488. The molecule has 0 bridgehead atoms. The fraction of sp³-hybridized carbons (Fsp3) is 0.143. The molecule has 0 radical (unpaired) electrons. The molecule has 0 aliphatic heterocycles. The number of hydrogen-bond acceptors (Lipinski definition) is 4. The third kappa shape index (κ3) is 2.33. The van der Waals surface area contributed by atoms with Crippen LogP contribution in [0.15, 0.2) is 10.7 Å². The molecular formula is C7H2BrClF2N2O3. The van der Waals surface area contributed by atoms with Crippen molar-refractivity contribution in [3.63, 3.8) is 0 Å². The van der Waals surface area contributed by atoms with E-state index in [4.69, 9.17) is 11.6 Å². The number of nitrogens with zero attached hydrogens (tertiary/aromatic N) is 2. The van der Waals surface area contributed by atoms with Gasteiger partial charge in [0.25, 0.3) is 11.7 Å². The summed E-state index contributed by atoms with van der Waals surface area (Å²) in [5, 5.41) is 9.27. The number of pyridine rings is 1. The van der Waals surface area contributed by atoms with Crippen molar-refractivity contribution in [3.05, 3.63) is 31.9 Å². The van der Waals surface area contributed by atoms with Gasteiger partial charge in [0.05, 0.1) is 11.1 Å². The van der Waals surface area contributed by atoms with Crippen molar-refractivity contribution in [1.29, 1.82) is 0 Å². The first-order valence-corrected chi connectivity index (χ1v) is 4.84. The number of halogens is 4. The smallest absolute Gasteiger partial charge is 0.358 e. The van der Waals surface area contributed by atoms with E-state index in [1.807, 2.05) is 0 Å². The average molecular weight is 315 g/mol. The van der Waals surface area contributed by atoms with Gasteiger partial charge in [-0.2, -0.15) is 0 Å². The Morgan fingerprint density at radius 1 is 1.62 bits per heavy atom. The van der Waals surface area contributed by atoms with Gasteiger partial charge in [0.1, 0.15) is 4.47 Å². The molecule has 0 N–H and O–H groups in total. The maximum atomic E-state index is 12.6. The van der Waals surface area contributed by atoms with Gasteiger partial charge in [-0.05, 0) is 37.4 Å². The van der Waals surface area contributed by atoms with Crippen molar-refractivity contribution in [3.8, 4) is 0 Å². The number of rotatable bonds is 3. The van der Waals surface area contributed by atoms with E-state index in [0.29, 0.717) is 6.20 Å². The molecule has 5 nitrogen and oxygen atoms in total. The number of aromatic nitrogens is 1. The lowest BCUT2D eigenvalue weighted by Crippen LogP contribution is -2.04. The zero-order chi connectivity index (χ0) is 12.5. The average Bonchev–Trinajstić information content (AvgIpc) is 2.15. The summed E-state index contributed by atoms with van der Waals surface area (Å²) in [5.74, 6) is -0.794. The van der Waals surface area contributed by atoms with E-state index in [1.54, 1.807) is 0 Å². The van der Waals surface area contributed by atoms with Crippen LogP contribution in [0.2, 0.25) is 0 Å². The maximum Gasteiger partial charge on any atom is 0.378 e. The molecule has 0 saturated carbocycles. The number of carbonyl (C=O) groups is 1. The Morgan fingerprint density at radius 3 is 2.56 bits per heavy atom. The minimum atomic E-state index is -3.08. The van der Waals surface area contributed by atoms with Gasteiger partial charge in [0.15, 0.2) is 6.20 Å². The van der Waals surface area contributed by atoms with Crippen LogP contribution in [0.25, 0.3) is 0 Å². The van der Waals surface area contributed by atoms with Gasteiger partial charge in [-0.25, -0.2) is 8.78 Å². The summed E-state index contributed by atoms with van der Waals surface area (Å²) in [6.45, 7) is 0. The van der Waals surface area contributed by atoms with Gasteiger partial charge >= 0.3 is 5.82 Å². The number of alkyl halides is 2. The van der Waals surface area contributed by atoms with Crippen molar-refractivity contribution < 1.29 is 18.5 Å². The van der Waals surface area contributed by atoms with Gasteiger partial charge in [0.2, 0.25) is 0 Å². The molecule has 0 aromatic carbocycles. The highest BCUT2D eigenvalue weighted by molar-refractivity contribution is 9.10. The van der Waals surface area contributed by atoms with E-state index in [-0.39, 0.29) is 0 Å². The molecule has 0 atom stereocenters. The summed E-state index contributed by atoms with van der Waals surface area (Å²) < 4.78 is 24.7. The first kappa shape index (κ1) is 12.9. The van der Waals surface area contributed by atoms with Crippen LogP contribution in [0.1, 0.15) is 22.3 Å². The standard InChI is InChI=1S/C7H2BrClF2N2O3/c8-4-3(6(10)11)2(5(9)14)1-12-7(4)13(15)16/h1,6H. The zero-order valence-electron chi connectivity index (χ0n) is 7.29. The molecule has 1 aromatic rings. The molecule has 0 saturated heterocycles. The van der Waals surface area contributed by atoms with Crippen LogP contribution in [0.5, 0.6) is 0 Å². The van der Waals surface area contributed by atoms with E-state index >= 15 is 0 Å². The van der Waals surface area contributed by atoms with Crippen molar-refractivity contribution in [1.82, 2.24) is 4.98 Å². The molecule has 0 amide bonds. The molecule has 86 valence electrons. The normalized spacial score (nSPS) is 10.6. The van der Waals surface area contributed by atoms with E-state index < -0.39 is 38.0 Å². The first-order chi connectivity index (χ1) is 7.36. The second-order valence-corrected chi connectivity index (χ2v) is 3.69. The Hall–Kier alpha value is -1.15. The van der Waals surface area contributed by atoms with Gasteiger partial charge in [-0.3, -0.25) is 4.79 Å². The number of hydrogen-bond donors (Lipinski definition) is 0. The maximum absolute atomic E-state index is 12.6. The lowest BCUT2D eigenvalue weighted by Gasteiger charge is -2.06. The van der Waals surface area contributed by atoms with E-state index in [9.17, 15) is 23.7 Å². The summed E-state index contributed by atoms with van der Waals surface area (Å²) in [5.41, 5.74) is -1.39. The Labute approximate surface area is 101 Å². The number of carbonyl (C=O) groups excluding carboxylic acids is 1. The number of nitro groups is 1. The fourth-order valence-electron chi connectivity index (χ4n) is 0.988. The Bertz CT molecular complexity index is 469. The van der Waals surface area contributed by atoms with Crippen molar-refractivity contribution >= 4 is 38.6 Å². The molecule has 1 heterocycles. The third-order valence-corrected chi connectivity index (χ3v) is 2.63. The molecule has 0 unspecified atom stereocenters. The van der Waals surface area contributed by atoms with Crippen LogP contribution in [-0.2, 0) is 0 Å². The van der Waals surface area contributed by atoms with Crippen molar-refractivity contribution in [2.75, 3.05) is 0 Å². The van der Waals surface area contributed by atoms with Crippen LogP contribution in [0, 0.1) is 10.1 Å². The van der Waals surface area contributed by atoms with Crippen molar-refractivity contribution in [2.24, 2.45) is 0 Å². The van der Waals surface area contributed by atoms with Gasteiger partial charge in [-0.1, -0.05) is 0 Å². The molecule has 0 aliphatic carbocycles. The minimum Gasteiger partial charge on any atom is -0.358 e. The third-order valence-electron chi connectivity index (χ3n) is 1.64. The molecule has 1 aromatic heterocycles. The molecule has 9 heteroatoms. The summed E-state index contributed by atoms with van der Waals surface area (Å²) in [6, 6.07) is 0. The lowest BCUT2D eigenvalue weighted by atomic mass is 10.1. The predicted octanol–water partition coefficient (Wildman–Crippen LogP) is 3.07. The Balaban J connectivity index is 3.54. The summed E-state index contributed by atoms with van der Waals surface area (Å²) in [4.78, 5) is 23.5. The Morgan fingerprint density at radius 2 is 2.19 bits per heavy atom. The molecule has 0 spiro atoms. The second kappa shape index (κ2) is 4.79. The highest BCUT2D eigenvalue weighted by Gasteiger charge is 2.28.